The van der Waals surface area contributed by atoms with Crippen LogP contribution in [0.3, 0.4) is 0 Å². The summed E-state index contributed by atoms with van der Waals surface area (Å²) in [5.41, 5.74) is 5.79. The number of pyridine rings is 1. The Labute approximate surface area is 194 Å². The summed E-state index contributed by atoms with van der Waals surface area (Å²) in [6, 6.07) is 9.61. The van der Waals surface area contributed by atoms with E-state index in [1.165, 1.54) is 23.1 Å². The molecular formula is C23H24F3N5O3. The number of likely N-dealkylation sites (tertiary alicyclic amines) is 1. The molecule has 1 aromatic heterocycles. The third kappa shape index (κ3) is 4.89. The van der Waals surface area contributed by atoms with E-state index >= 15 is 0 Å². The monoisotopic (exact) mass is 475 g/mol. The van der Waals surface area contributed by atoms with Crippen LogP contribution in [0.1, 0.15) is 12.1 Å². The lowest BCUT2D eigenvalue weighted by molar-refractivity contribution is -0.142. The summed E-state index contributed by atoms with van der Waals surface area (Å²) in [5.74, 6) is -1.30. The van der Waals surface area contributed by atoms with Gasteiger partial charge in [0.1, 0.15) is 36.2 Å². The lowest BCUT2D eigenvalue weighted by atomic mass is 9.74. The number of rotatable bonds is 8. The average Bonchev–Trinajstić information content (AvgIpc) is 3.07. The quantitative estimate of drug-likeness (QED) is 0.628. The zero-order valence-electron chi connectivity index (χ0n) is 18.2. The van der Waals surface area contributed by atoms with E-state index in [-0.39, 0.29) is 38.3 Å². The fourth-order valence-electron chi connectivity index (χ4n) is 4.29. The van der Waals surface area contributed by atoms with Crippen LogP contribution in [0.2, 0.25) is 0 Å². The van der Waals surface area contributed by atoms with Gasteiger partial charge < -0.3 is 15.4 Å². The van der Waals surface area contributed by atoms with Crippen molar-refractivity contribution in [3.8, 4) is 5.75 Å². The molecule has 1 saturated heterocycles. The van der Waals surface area contributed by atoms with E-state index in [1.54, 1.807) is 30.5 Å². The number of hydrogen-bond acceptors (Lipinski definition) is 6. The first-order chi connectivity index (χ1) is 16.3. The Balaban J connectivity index is 1.52. The normalized spacial score (nSPS) is 20.9. The number of piperidine rings is 1. The SMILES string of the molecule is NC(COc1cccc(F)c1)C(=O)N1CCC2=NN(CC(F)F)C(=O)C2(Cc2ccccn2)C1. The number of nitrogens with two attached hydrogens (primary N) is 1. The second kappa shape index (κ2) is 9.80. The predicted octanol–water partition coefficient (Wildman–Crippen LogP) is 1.85. The first-order valence-corrected chi connectivity index (χ1v) is 10.8. The second-order valence-corrected chi connectivity index (χ2v) is 8.29. The van der Waals surface area contributed by atoms with Crippen LogP contribution in [-0.4, -0.2) is 71.1 Å². The molecule has 1 aromatic carbocycles. The van der Waals surface area contributed by atoms with Gasteiger partial charge in [0.2, 0.25) is 5.91 Å². The Morgan fingerprint density at radius 1 is 1.24 bits per heavy atom. The molecule has 4 rings (SSSR count). The molecule has 34 heavy (non-hydrogen) atoms. The average molecular weight is 475 g/mol. The Bertz CT molecular complexity index is 1080. The van der Waals surface area contributed by atoms with Crippen LogP contribution in [0.5, 0.6) is 5.75 Å². The van der Waals surface area contributed by atoms with Crippen molar-refractivity contribution in [1.29, 1.82) is 0 Å². The number of aromatic nitrogens is 1. The van der Waals surface area contributed by atoms with Gasteiger partial charge in [0, 0.05) is 43.9 Å². The number of benzene rings is 1. The lowest BCUT2D eigenvalue weighted by Gasteiger charge is -2.40. The Kier molecular flexibility index (Phi) is 6.82. The van der Waals surface area contributed by atoms with Gasteiger partial charge in [-0.25, -0.2) is 18.2 Å². The van der Waals surface area contributed by atoms with Gasteiger partial charge in [-0.2, -0.15) is 5.10 Å². The number of amides is 2. The zero-order chi connectivity index (χ0) is 24.3. The first-order valence-electron chi connectivity index (χ1n) is 10.8. The van der Waals surface area contributed by atoms with Crippen molar-refractivity contribution in [1.82, 2.24) is 14.9 Å². The van der Waals surface area contributed by atoms with Gasteiger partial charge in [0.15, 0.2) is 0 Å². The number of carbonyl (C=O) groups is 2. The highest BCUT2D eigenvalue weighted by molar-refractivity contribution is 6.13. The predicted molar refractivity (Wildman–Crippen MR) is 117 cm³/mol. The van der Waals surface area contributed by atoms with Crippen LogP contribution < -0.4 is 10.5 Å². The van der Waals surface area contributed by atoms with Crippen molar-refractivity contribution in [2.24, 2.45) is 16.3 Å². The third-order valence-electron chi connectivity index (χ3n) is 5.89. The highest BCUT2D eigenvalue weighted by atomic mass is 19.3. The summed E-state index contributed by atoms with van der Waals surface area (Å²) in [6.45, 7) is -0.849. The molecule has 2 atom stereocenters. The van der Waals surface area contributed by atoms with Gasteiger partial charge in [-0.1, -0.05) is 12.1 Å². The summed E-state index contributed by atoms with van der Waals surface area (Å²) in [5, 5.41) is 4.98. The Morgan fingerprint density at radius 3 is 2.76 bits per heavy atom. The maximum Gasteiger partial charge on any atom is 0.258 e. The zero-order valence-corrected chi connectivity index (χ0v) is 18.2. The molecule has 0 aliphatic carbocycles. The summed E-state index contributed by atoms with van der Waals surface area (Å²) >= 11 is 0. The molecule has 2 aromatic rings. The van der Waals surface area contributed by atoms with Crippen molar-refractivity contribution in [2.45, 2.75) is 25.3 Å². The Morgan fingerprint density at radius 2 is 2.06 bits per heavy atom. The van der Waals surface area contributed by atoms with E-state index in [1.807, 2.05) is 0 Å². The van der Waals surface area contributed by atoms with Crippen LogP contribution in [0.15, 0.2) is 53.8 Å². The maximum atomic E-state index is 13.3. The molecule has 180 valence electrons. The van der Waals surface area contributed by atoms with Crippen molar-refractivity contribution in [2.75, 3.05) is 26.2 Å². The standard InChI is InChI=1S/C23H24F3N5O3/c24-15-4-3-6-17(10-15)34-13-18(27)21(32)30-9-7-19-23(14-30,11-16-5-1-2-8-28-16)22(33)31(29-19)12-20(25)26/h1-6,8,10,18,20H,7,9,11-14,27H2. The molecule has 0 saturated carbocycles. The summed E-state index contributed by atoms with van der Waals surface area (Å²) < 4.78 is 44.9. The van der Waals surface area contributed by atoms with Gasteiger partial charge in [0.05, 0.1) is 5.71 Å². The van der Waals surface area contributed by atoms with Gasteiger partial charge in [-0.15, -0.1) is 0 Å². The maximum absolute atomic E-state index is 13.3. The van der Waals surface area contributed by atoms with E-state index in [2.05, 4.69) is 10.1 Å². The number of nitrogens with zero attached hydrogens (tertiary/aromatic N) is 4. The number of ether oxygens (including phenoxy) is 1. The third-order valence-corrected chi connectivity index (χ3v) is 5.89. The molecular weight excluding hydrogens is 451 g/mol. The number of hydrogen-bond donors (Lipinski definition) is 1. The van der Waals surface area contributed by atoms with Gasteiger partial charge in [-0.3, -0.25) is 14.6 Å². The van der Waals surface area contributed by atoms with Gasteiger partial charge in [0.25, 0.3) is 12.3 Å². The van der Waals surface area contributed by atoms with Crippen molar-refractivity contribution in [3.05, 3.63) is 60.2 Å². The van der Waals surface area contributed by atoms with Gasteiger partial charge >= 0.3 is 0 Å². The molecule has 0 spiro atoms. The Hall–Kier alpha value is -3.47. The molecule has 3 heterocycles. The number of halogens is 3. The molecule has 2 aliphatic rings. The van der Waals surface area contributed by atoms with Crippen LogP contribution in [0.25, 0.3) is 0 Å². The minimum absolute atomic E-state index is 0.0620. The summed E-state index contributed by atoms with van der Waals surface area (Å²) in [7, 11) is 0. The topological polar surface area (TPSA) is 101 Å². The molecule has 2 N–H and O–H groups in total. The fraction of sp³-hybridized carbons (Fsp3) is 0.391. The van der Waals surface area contributed by atoms with E-state index in [0.29, 0.717) is 11.4 Å². The van der Waals surface area contributed by atoms with Crippen molar-refractivity contribution in [3.63, 3.8) is 0 Å². The minimum atomic E-state index is -2.74. The van der Waals surface area contributed by atoms with Gasteiger partial charge in [-0.05, 0) is 24.3 Å². The van der Waals surface area contributed by atoms with E-state index in [0.717, 1.165) is 5.01 Å². The molecule has 2 aliphatic heterocycles. The van der Waals surface area contributed by atoms with Crippen LogP contribution in [0, 0.1) is 11.2 Å². The smallest absolute Gasteiger partial charge is 0.258 e. The van der Waals surface area contributed by atoms with E-state index in [9.17, 15) is 22.8 Å². The molecule has 11 heteroatoms. The summed E-state index contributed by atoms with van der Waals surface area (Å²) in [6.07, 6.45) is -0.817. The number of fused-ring (bicyclic) bond motifs is 1. The number of alkyl halides is 2. The molecule has 1 fully saturated rings. The number of hydrazone groups is 1. The van der Waals surface area contributed by atoms with Crippen LogP contribution in [-0.2, 0) is 16.0 Å². The molecule has 2 unspecified atom stereocenters. The minimum Gasteiger partial charge on any atom is -0.491 e. The molecule has 0 bridgehead atoms. The van der Waals surface area contributed by atoms with Crippen LogP contribution in [0.4, 0.5) is 13.2 Å². The van der Waals surface area contributed by atoms with Crippen molar-refractivity contribution < 1.29 is 27.5 Å². The molecule has 0 radical (unpaired) electrons. The first kappa shape index (κ1) is 23.7. The second-order valence-electron chi connectivity index (χ2n) is 8.29. The lowest BCUT2D eigenvalue weighted by Crippen LogP contribution is -2.59. The molecule has 2 amide bonds. The highest BCUT2D eigenvalue weighted by Crippen LogP contribution is 2.38. The van der Waals surface area contributed by atoms with Crippen LogP contribution >= 0.6 is 0 Å². The van der Waals surface area contributed by atoms with Crippen molar-refractivity contribution >= 4 is 17.5 Å². The number of carbonyl (C=O) groups excluding carboxylic acids is 2. The highest BCUT2D eigenvalue weighted by Gasteiger charge is 2.55. The summed E-state index contributed by atoms with van der Waals surface area (Å²) in [4.78, 5) is 32.1. The van der Waals surface area contributed by atoms with E-state index in [4.69, 9.17) is 10.5 Å². The largest absolute Gasteiger partial charge is 0.491 e. The van der Waals surface area contributed by atoms with E-state index < -0.39 is 42.1 Å². The fourth-order valence-corrected chi connectivity index (χ4v) is 4.29. The molecule has 8 nitrogen and oxygen atoms in total.